The average Bonchev–Trinajstić information content (AvgIpc) is 3.52. The van der Waals surface area contributed by atoms with Gasteiger partial charge in [-0.05, 0) is 23.6 Å². The van der Waals surface area contributed by atoms with Crippen molar-refractivity contribution in [3.05, 3.63) is 52.0 Å². The third kappa shape index (κ3) is 4.28. The number of piperazine rings is 1. The molecule has 4 heterocycles. The van der Waals surface area contributed by atoms with Gasteiger partial charge in [-0.1, -0.05) is 17.3 Å². The van der Waals surface area contributed by atoms with Gasteiger partial charge in [-0.25, -0.2) is 4.98 Å². The Morgan fingerprint density at radius 1 is 1.10 bits per heavy atom. The maximum atomic E-state index is 12.6. The van der Waals surface area contributed by atoms with Crippen LogP contribution in [0.15, 0.2) is 45.6 Å². The summed E-state index contributed by atoms with van der Waals surface area (Å²) in [7, 11) is 0. The van der Waals surface area contributed by atoms with Gasteiger partial charge < -0.3 is 9.42 Å². The molecule has 4 aromatic rings. The number of para-hydroxylation sites is 1. The molecule has 0 atom stereocenters. The lowest BCUT2D eigenvalue weighted by molar-refractivity contribution is -0.133. The molecule has 1 aliphatic heterocycles. The first kappa shape index (κ1) is 19.3. The van der Waals surface area contributed by atoms with Crippen molar-refractivity contribution in [1.29, 1.82) is 0 Å². The summed E-state index contributed by atoms with van der Waals surface area (Å²) >= 11 is 3.34. The van der Waals surface area contributed by atoms with Crippen LogP contribution in [0, 0.1) is 0 Å². The van der Waals surface area contributed by atoms with Crippen molar-refractivity contribution in [2.75, 3.05) is 26.2 Å². The molecule has 1 aliphatic rings. The molecule has 0 unspecified atom stereocenters. The summed E-state index contributed by atoms with van der Waals surface area (Å²) < 4.78 is 6.52. The van der Waals surface area contributed by atoms with Crippen LogP contribution >= 0.6 is 22.7 Å². The minimum absolute atomic E-state index is 0.143. The number of carbonyl (C=O) groups excluding carboxylic acids is 1. The lowest BCUT2D eigenvalue weighted by atomic mass is 10.2. The molecule has 3 aromatic heterocycles. The Hall–Kier alpha value is -2.62. The molecule has 0 N–H and O–H groups in total. The fourth-order valence-corrected chi connectivity index (χ4v) is 5.22. The first-order valence-electron chi connectivity index (χ1n) is 9.94. The number of fused-ring (bicyclic) bond motifs is 1. The molecule has 154 valence electrons. The highest BCUT2D eigenvalue weighted by molar-refractivity contribution is 7.18. The van der Waals surface area contributed by atoms with Crippen LogP contribution in [0.25, 0.3) is 21.6 Å². The van der Waals surface area contributed by atoms with Crippen LogP contribution in [-0.2, 0) is 17.8 Å². The van der Waals surface area contributed by atoms with Gasteiger partial charge in [0.05, 0.1) is 16.8 Å². The van der Waals surface area contributed by atoms with Crippen molar-refractivity contribution >= 4 is 38.8 Å². The van der Waals surface area contributed by atoms with E-state index in [9.17, 15) is 4.79 Å². The van der Waals surface area contributed by atoms with E-state index in [4.69, 9.17) is 9.51 Å². The molecule has 30 heavy (non-hydrogen) atoms. The number of thiazole rings is 1. The molecule has 7 nitrogen and oxygen atoms in total. The van der Waals surface area contributed by atoms with Gasteiger partial charge in [-0.2, -0.15) is 16.3 Å². The molecule has 1 aromatic carbocycles. The molecule has 1 saturated heterocycles. The Balaban J connectivity index is 1.10. The number of rotatable bonds is 6. The largest absolute Gasteiger partial charge is 0.340 e. The minimum atomic E-state index is 0.143. The second-order valence-corrected chi connectivity index (χ2v) is 9.15. The standard InChI is InChI=1S/C21H21N5O2S2/c27-20(6-5-18-23-21(24-28-18)15-7-12-29-14-15)26-10-8-25(9-11-26)13-19-22-16-3-1-2-4-17(16)30-19/h1-4,7,12,14H,5-6,8-11,13H2. The molecule has 5 rings (SSSR count). The normalized spacial score (nSPS) is 15.1. The van der Waals surface area contributed by atoms with Gasteiger partial charge in [-0.15, -0.1) is 11.3 Å². The number of amides is 1. The van der Waals surface area contributed by atoms with Gasteiger partial charge in [0.1, 0.15) is 5.01 Å². The van der Waals surface area contributed by atoms with Crippen LogP contribution in [0.5, 0.6) is 0 Å². The Morgan fingerprint density at radius 3 is 2.77 bits per heavy atom. The Kier molecular flexibility index (Phi) is 5.56. The molecule has 0 bridgehead atoms. The van der Waals surface area contributed by atoms with E-state index in [1.165, 1.54) is 4.70 Å². The van der Waals surface area contributed by atoms with Gasteiger partial charge in [0.25, 0.3) is 0 Å². The van der Waals surface area contributed by atoms with Crippen LogP contribution in [0.4, 0.5) is 0 Å². The fourth-order valence-electron chi connectivity index (χ4n) is 3.57. The lowest BCUT2D eigenvalue weighted by Crippen LogP contribution is -2.48. The highest BCUT2D eigenvalue weighted by atomic mass is 32.1. The first-order valence-corrected chi connectivity index (χ1v) is 11.7. The first-order chi connectivity index (χ1) is 14.7. The zero-order valence-electron chi connectivity index (χ0n) is 16.4. The predicted octanol–water partition coefficient (Wildman–Crippen LogP) is 3.68. The second kappa shape index (κ2) is 8.63. The quantitative estimate of drug-likeness (QED) is 0.456. The van der Waals surface area contributed by atoms with Crippen molar-refractivity contribution in [1.82, 2.24) is 24.9 Å². The molecule has 1 amide bonds. The van der Waals surface area contributed by atoms with Crippen molar-refractivity contribution in [2.24, 2.45) is 0 Å². The summed E-state index contributed by atoms with van der Waals surface area (Å²) in [5.74, 6) is 1.24. The smallest absolute Gasteiger partial charge is 0.227 e. The van der Waals surface area contributed by atoms with Crippen molar-refractivity contribution in [3.8, 4) is 11.4 Å². The van der Waals surface area contributed by atoms with E-state index in [2.05, 4.69) is 27.2 Å². The van der Waals surface area contributed by atoms with Crippen LogP contribution in [-0.4, -0.2) is 57.0 Å². The molecular formula is C21H21N5O2S2. The average molecular weight is 440 g/mol. The van der Waals surface area contributed by atoms with Crippen LogP contribution in [0.2, 0.25) is 0 Å². The number of nitrogens with zero attached hydrogens (tertiary/aromatic N) is 5. The Bertz CT molecular complexity index is 1100. The molecular weight excluding hydrogens is 418 g/mol. The number of aryl methyl sites for hydroxylation is 1. The topological polar surface area (TPSA) is 75.4 Å². The number of hydrogen-bond acceptors (Lipinski definition) is 8. The number of aromatic nitrogens is 3. The third-order valence-corrected chi connectivity index (χ3v) is 6.93. The van der Waals surface area contributed by atoms with Crippen LogP contribution in [0.3, 0.4) is 0 Å². The molecule has 0 radical (unpaired) electrons. The van der Waals surface area contributed by atoms with Gasteiger partial charge in [0, 0.05) is 50.0 Å². The van der Waals surface area contributed by atoms with Gasteiger partial charge in [-0.3, -0.25) is 9.69 Å². The second-order valence-electron chi connectivity index (χ2n) is 7.26. The van der Waals surface area contributed by atoms with Gasteiger partial charge in [0.2, 0.25) is 17.6 Å². The maximum absolute atomic E-state index is 12.6. The number of hydrogen-bond donors (Lipinski definition) is 0. The summed E-state index contributed by atoms with van der Waals surface area (Å²) in [5.41, 5.74) is 2.01. The summed E-state index contributed by atoms with van der Waals surface area (Å²) in [4.78, 5) is 26.0. The predicted molar refractivity (Wildman–Crippen MR) is 117 cm³/mol. The minimum Gasteiger partial charge on any atom is -0.340 e. The van der Waals surface area contributed by atoms with Crippen LogP contribution in [0.1, 0.15) is 17.3 Å². The molecule has 0 saturated carbocycles. The highest BCUT2D eigenvalue weighted by Crippen LogP contribution is 2.23. The Labute approximate surface area is 182 Å². The third-order valence-electron chi connectivity index (χ3n) is 5.22. The van der Waals surface area contributed by atoms with Crippen molar-refractivity contribution in [2.45, 2.75) is 19.4 Å². The zero-order valence-corrected chi connectivity index (χ0v) is 18.0. The molecule has 0 aliphatic carbocycles. The molecule has 1 fully saturated rings. The highest BCUT2D eigenvalue weighted by Gasteiger charge is 2.22. The van der Waals surface area contributed by atoms with Crippen molar-refractivity contribution in [3.63, 3.8) is 0 Å². The van der Waals surface area contributed by atoms with Crippen LogP contribution < -0.4 is 0 Å². The van der Waals surface area contributed by atoms with E-state index in [1.54, 1.807) is 22.7 Å². The Morgan fingerprint density at radius 2 is 1.97 bits per heavy atom. The fraction of sp³-hybridized carbons (Fsp3) is 0.333. The zero-order chi connectivity index (χ0) is 20.3. The summed E-state index contributed by atoms with van der Waals surface area (Å²) in [6.07, 6.45) is 0.866. The molecule has 9 heteroatoms. The number of benzene rings is 1. The van der Waals surface area contributed by atoms with E-state index >= 15 is 0 Å². The molecule has 0 spiro atoms. The summed E-state index contributed by atoms with van der Waals surface area (Å²) in [5, 5.41) is 9.09. The van der Waals surface area contributed by atoms with Gasteiger partial charge in [0.15, 0.2) is 0 Å². The van der Waals surface area contributed by atoms with Crippen molar-refractivity contribution < 1.29 is 9.32 Å². The van der Waals surface area contributed by atoms with E-state index in [0.717, 1.165) is 48.8 Å². The summed E-state index contributed by atoms with van der Waals surface area (Å²) in [6, 6.07) is 10.2. The number of carbonyl (C=O) groups is 1. The number of thiophene rings is 1. The van der Waals surface area contributed by atoms with E-state index in [-0.39, 0.29) is 5.91 Å². The maximum Gasteiger partial charge on any atom is 0.227 e. The van der Waals surface area contributed by atoms with Gasteiger partial charge >= 0.3 is 0 Å². The van der Waals surface area contributed by atoms with E-state index in [0.29, 0.717) is 24.6 Å². The lowest BCUT2D eigenvalue weighted by Gasteiger charge is -2.34. The van der Waals surface area contributed by atoms with E-state index < -0.39 is 0 Å². The summed E-state index contributed by atoms with van der Waals surface area (Å²) in [6.45, 7) is 4.06. The van der Waals surface area contributed by atoms with E-state index in [1.807, 2.05) is 33.9 Å². The SMILES string of the molecule is O=C(CCc1nc(-c2ccsc2)no1)N1CCN(Cc2nc3ccccc3s2)CC1. The monoisotopic (exact) mass is 439 g/mol.